The van der Waals surface area contributed by atoms with Crippen LogP contribution in [0.5, 0.6) is 0 Å². The molecular weight excluding hydrogens is 673 g/mol. The standard InChI is InChI=1S/C19H22ClN3O2.C10H18N2.C9H5ClN2O/c1-12(2)11-22-18(25)23(17(24)19(22)8-4-5-9-19)15-7-6-14(10-21)16(20)13(15)3;1-9(2)7-12-10(8-11)5-3-4-6-10;1-6-7(11-2)3-4-8(9(6)10)12-5-13/h6-7,12H,4-5,8-9,11H2,1-3H3;9,12H,3-7H2,1-2H3;3-4H,1H3. The third-order valence-electron chi connectivity index (χ3n) is 9.38. The van der Waals surface area contributed by atoms with Gasteiger partial charge in [-0.1, -0.05) is 82.6 Å². The molecule has 0 radical (unpaired) electrons. The van der Waals surface area contributed by atoms with Crippen molar-refractivity contribution in [2.75, 3.05) is 18.0 Å². The summed E-state index contributed by atoms with van der Waals surface area (Å²) in [5.74, 6) is 0.759. The van der Waals surface area contributed by atoms with E-state index in [1.165, 1.54) is 29.9 Å². The molecule has 1 aliphatic heterocycles. The van der Waals surface area contributed by atoms with Crippen LogP contribution in [0.25, 0.3) is 4.85 Å². The second kappa shape index (κ2) is 17.6. The molecule has 3 fully saturated rings. The van der Waals surface area contributed by atoms with Gasteiger partial charge in [-0.3, -0.25) is 10.1 Å². The number of isocyanates is 1. The number of imide groups is 1. The Bertz CT molecular complexity index is 1750. The van der Waals surface area contributed by atoms with Crippen molar-refractivity contribution in [3.05, 3.63) is 62.4 Å². The molecule has 1 N–H and O–H groups in total. The van der Waals surface area contributed by atoms with E-state index < -0.39 is 5.54 Å². The Morgan fingerprint density at radius 2 is 1.56 bits per heavy atom. The first-order chi connectivity index (χ1) is 23.7. The molecule has 264 valence electrons. The fourth-order valence-corrected chi connectivity index (χ4v) is 7.02. The van der Waals surface area contributed by atoms with E-state index in [9.17, 15) is 14.4 Å². The van der Waals surface area contributed by atoms with Crippen molar-refractivity contribution in [3.8, 4) is 12.1 Å². The summed E-state index contributed by atoms with van der Waals surface area (Å²) >= 11 is 12.1. The Balaban J connectivity index is 0.000000227. The molecule has 0 atom stereocenters. The number of benzene rings is 2. The summed E-state index contributed by atoms with van der Waals surface area (Å²) in [6.45, 7) is 20.2. The Hall–Kier alpha value is -4.23. The zero-order chi connectivity index (χ0) is 37.2. The van der Waals surface area contributed by atoms with E-state index in [0.717, 1.165) is 32.2 Å². The lowest BCUT2D eigenvalue weighted by Gasteiger charge is -2.32. The molecule has 1 heterocycles. The zero-order valence-electron chi connectivity index (χ0n) is 29.7. The summed E-state index contributed by atoms with van der Waals surface area (Å²) < 4.78 is 0. The third-order valence-corrected chi connectivity index (χ3v) is 10.3. The van der Waals surface area contributed by atoms with Gasteiger partial charge in [-0.05, 0) is 87.2 Å². The molecule has 12 heteroatoms. The molecule has 3 aliphatic rings. The minimum absolute atomic E-state index is 0.153. The highest BCUT2D eigenvalue weighted by Gasteiger charge is 2.58. The van der Waals surface area contributed by atoms with E-state index in [4.69, 9.17) is 40.3 Å². The lowest BCUT2D eigenvalue weighted by atomic mass is 9.94. The van der Waals surface area contributed by atoms with Gasteiger partial charge < -0.3 is 4.90 Å². The summed E-state index contributed by atoms with van der Waals surface area (Å²) in [5, 5.41) is 22.1. The highest BCUT2D eigenvalue weighted by atomic mass is 35.5. The maximum absolute atomic E-state index is 13.3. The summed E-state index contributed by atoms with van der Waals surface area (Å²) in [7, 11) is 0. The number of nitriles is 2. The molecule has 1 saturated heterocycles. The number of hydrogen-bond acceptors (Lipinski definition) is 7. The Morgan fingerprint density at radius 3 is 2.08 bits per heavy atom. The summed E-state index contributed by atoms with van der Waals surface area (Å²) in [6.07, 6.45) is 9.22. The van der Waals surface area contributed by atoms with Gasteiger partial charge in [0.15, 0.2) is 5.69 Å². The van der Waals surface area contributed by atoms with Crippen molar-refractivity contribution in [3.63, 3.8) is 0 Å². The maximum Gasteiger partial charge on any atom is 0.332 e. The number of urea groups is 1. The molecule has 2 aromatic rings. The first-order valence-corrected chi connectivity index (χ1v) is 17.7. The largest absolute Gasteiger partial charge is 0.332 e. The van der Waals surface area contributed by atoms with Gasteiger partial charge in [-0.15, -0.1) is 0 Å². The van der Waals surface area contributed by atoms with Crippen LogP contribution in [0.4, 0.5) is 21.9 Å². The quantitative estimate of drug-likeness (QED) is 0.131. The second-order valence-electron chi connectivity index (χ2n) is 13.9. The van der Waals surface area contributed by atoms with Crippen molar-refractivity contribution in [1.29, 1.82) is 10.5 Å². The van der Waals surface area contributed by atoms with Crippen LogP contribution in [0.2, 0.25) is 10.0 Å². The predicted molar refractivity (Wildman–Crippen MR) is 196 cm³/mol. The van der Waals surface area contributed by atoms with E-state index in [1.54, 1.807) is 36.9 Å². The van der Waals surface area contributed by atoms with E-state index in [-0.39, 0.29) is 23.4 Å². The third kappa shape index (κ3) is 8.73. The molecule has 2 aromatic carbocycles. The van der Waals surface area contributed by atoms with Gasteiger partial charge >= 0.3 is 6.03 Å². The number of hydrogen-bond donors (Lipinski definition) is 1. The highest BCUT2D eigenvalue weighted by molar-refractivity contribution is 6.34. The average Bonchev–Trinajstić information content (AvgIpc) is 3.82. The van der Waals surface area contributed by atoms with Gasteiger partial charge in [-0.25, -0.2) is 19.3 Å². The second-order valence-corrected chi connectivity index (χ2v) is 14.6. The van der Waals surface area contributed by atoms with Crippen molar-refractivity contribution in [1.82, 2.24) is 10.2 Å². The van der Waals surface area contributed by atoms with Gasteiger partial charge in [-0.2, -0.15) is 15.5 Å². The summed E-state index contributed by atoms with van der Waals surface area (Å²) in [4.78, 5) is 46.1. The van der Waals surface area contributed by atoms with Crippen LogP contribution in [-0.4, -0.2) is 47.1 Å². The minimum atomic E-state index is -0.714. The molecule has 1 spiro atoms. The number of carbonyl (C=O) groups is 2. The van der Waals surface area contributed by atoms with Crippen LogP contribution in [0.3, 0.4) is 0 Å². The molecule has 50 heavy (non-hydrogen) atoms. The van der Waals surface area contributed by atoms with Gasteiger partial charge in [0.05, 0.1) is 39.6 Å². The maximum atomic E-state index is 13.3. The molecule has 10 nitrogen and oxygen atoms in total. The number of amides is 3. The van der Waals surface area contributed by atoms with Crippen LogP contribution < -0.4 is 10.2 Å². The van der Waals surface area contributed by atoms with E-state index in [2.05, 4.69) is 35.1 Å². The Morgan fingerprint density at radius 1 is 0.940 bits per heavy atom. The van der Waals surface area contributed by atoms with Gasteiger partial charge in [0.25, 0.3) is 5.91 Å². The minimum Gasteiger partial charge on any atom is -0.309 e. The fourth-order valence-electron chi connectivity index (χ4n) is 6.62. The summed E-state index contributed by atoms with van der Waals surface area (Å²) in [6, 6.07) is 10.5. The van der Waals surface area contributed by atoms with Gasteiger partial charge in [0, 0.05) is 6.54 Å². The first kappa shape index (κ1) is 40.2. The van der Waals surface area contributed by atoms with Gasteiger partial charge in [0.2, 0.25) is 6.08 Å². The van der Waals surface area contributed by atoms with Crippen molar-refractivity contribution in [2.24, 2.45) is 16.8 Å². The smallest absolute Gasteiger partial charge is 0.309 e. The number of halogens is 2. The number of aliphatic imine (C=N–C) groups is 1. The van der Waals surface area contributed by atoms with Gasteiger partial charge in [0.1, 0.15) is 17.1 Å². The SMILES string of the molecule is CC(C)CNC1(C#N)CCCC1.Cc1c(N2C(=O)N(CC(C)C)C3(CCCC3)C2=O)ccc(C#N)c1Cl.[C-]#[N+]c1ccc(N=C=O)c(Cl)c1C. The number of carbonyl (C=O) groups excluding carboxylic acids is 3. The van der Waals surface area contributed by atoms with Crippen LogP contribution >= 0.6 is 23.2 Å². The number of nitrogens with zero attached hydrogens (tertiary/aromatic N) is 6. The number of rotatable bonds is 7. The monoisotopic (exact) mass is 717 g/mol. The molecule has 0 bridgehead atoms. The Kier molecular flexibility index (Phi) is 14.2. The molecule has 3 amide bonds. The van der Waals surface area contributed by atoms with Crippen molar-refractivity contribution >= 4 is 58.3 Å². The average molecular weight is 719 g/mol. The Labute approximate surface area is 305 Å². The van der Waals surface area contributed by atoms with Crippen LogP contribution in [0.1, 0.15) is 95.8 Å². The highest BCUT2D eigenvalue weighted by Crippen LogP contribution is 2.45. The molecule has 5 rings (SSSR count). The molecule has 0 unspecified atom stereocenters. The number of nitrogens with one attached hydrogen (secondary N) is 1. The van der Waals surface area contributed by atoms with E-state index >= 15 is 0 Å². The topological polar surface area (TPSA) is 134 Å². The van der Waals surface area contributed by atoms with E-state index in [0.29, 0.717) is 69.1 Å². The summed E-state index contributed by atoms with van der Waals surface area (Å²) in [5.41, 5.74) is 1.97. The van der Waals surface area contributed by atoms with Crippen molar-refractivity contribution in [2.45, 2.75) is 104 Å². The molecule has 2 saturated carbocycles. The molecular formula is C38H45Cl2N7O3. The lowest BCUT2D eigenvalue weighted by molar-refractivity contribution is -0.124. The fraction of sp³-hybridized carbons (Fsp3) is 0.526. The molecule has 0 aromatic heterocycles. The van der Waals surface area contributed by atoms with Crippen LogP contribution in [0.15, 0.2) is 29.3 Å². The molecule has 2 aliphatic carbocycles. The zero-order valence-corrected chi connectivity index (χ0v) is 31.2. The van der Waals surface area contributed by atoms with Crippen LogP contribution in [-0.2, 0) is 9.59 Å². The van der Waals surface area contributed by atoms with Crippen molar-refractivity contribution < 1.29 is 14.4 Å². The predicted octanol–water partition coefficient (Wildman–Crippen LogP) is 9.49. The first-order valence-electron chi connectivity index (χ1n) is 17.0. The van der Waals surface area contributed by atoms with Crippen LogP contribution in [0, 0.1) is 54.9 Å². The number of anilines is 1. The normalized spacial score (nSPS) is 17.0. The van der Waals surface area contributed by atoms with E-state index in [1.807, 2.05) is 19.9 Å². The lowest BCUT2D eigenvalue weighted by Crippen LogP contribution is -2.48.